The van der Waals surface area contributed by atoms with Gasteiger partial charge >= 0.3 is 6.09 Å². The molecule has 0 bridgehead atoms. The Morgan fingerprint density at radius 2 is 2.06 bits per heavy atom. The van der Waals surface area contributed by atoms with Gasteiger partial charge < -0.3 is 9.64 Å². The minimum atomic E-state index is -0.595. The molecule has 0 spiro atoms. The summed E-state index contributed by atoms with van der Waals surface area (Å²) in [5.74, 6) is -0.190. The molecule has 0 aliphatic rings. The minimum Gasteiger partial charge on any atom is -0.444 e. The Morgan fingerprint density at radius 3 is 2.50 bits per heavy atom. The van der Waals surface area contributed by atoms with Gasteiger partial charge in [-0.05, 0) is 45.3 Å². The van der Waals surface area contributed by atoms with Gasteiger partial charge in [-0.15, -0.1) is 0 Å². The number of aromatic nitrogens is 1. The summed E-state index contributed by atoms with van der Waals surface area (Å²) >= 11 is 1.21. The number of Topliss-reactive ketones (excluding diaryl/α,β-unsaturated/α-hetero) is 1. The zero-order valence-electron chi connectivity index (χ0n) is 11.3. The molecule has 0 N–H and O–H groups in total. The Morgan fingerprint density at radius 1 is 1.44 bits per heavy atom. The molecule has 1 aromatic heterocycles. The molecule has 0 radical (unpaired) electrons. The molecule has 1 aromatic rings. The van der Waals surface area contributed by atoms with Crippen LogP contribution in [0.1, 0.15) is 38.2 Å². The van der Waals surface area contributed by atoms with Crippen molar-refractivity contribution in [2.45, 2.75) is 39.3 Å². The molecule has 6 heteroatoms. The smallest absolute Gasteiger partial charge is 0.410 e. The normalized spacial score (nSPS) is 12.9. The zero-order chi connectivity index (χ0) is 13.9. The van der Waals surface area contributed by atoms with Crippen LogP contribution in [0.4, 0.5) is 4.79 Å². The van der Waals surface area contributed by atoms with Gasteiger partial charge in [0, 0.05) is 12.4 Å². The minimum absolute atomic E-state index is 0.190. The summed E-state index contributed by atoms with van der Waals surface area (Å²) in [4.78, 5) is 25.1. The van der Waals surface area contributed by atoms with Crippen molar-refractivity contribution in [1.29, 1.82) is 0 Å². The third-order valence-electron chi connectivity index (χ3n) is 2.33. The second-order valence-electron chi connectivity index (χ2n) is 5.02. The van der Waals surface area contributed by atoms with Crippen LogP contribution in [0.15, 0.2) is 11.4 Å². The second-order valence-corrected chi connectivity index (χ2v) is 5.68. The van der Waals surface area contributed by atoms with Crippen molar-refractivity contribution >= 4 is 23.4 Å². The summed E-state index contributed by atoms with van der Waals surface area (Å²) in [5.41, 5.74) is -0.197. The van der Waals surface area contributed by atoms with Crippen molar-refractivity contribution in [3.63, 3.8) is 0 Å². The molecule has 1 unspecified atom stereocenters. The van der Waals surface area contributed by atoms with Gasteiger partial charge in [0.2, 0.25) is 5.78 Å². The van der Waals surface area contributed by atoms with E-state index in [1.54, 1.807) is 46.2 Å². The predicted molar refractivity (Wildman–Crippen MR) is 69.9 cm³/mol. The van der Waals surface area contributed by atoms with Gasteiger partial charge in [0.1, 0.15) is 11.3 Å². The van der Waals surface area contributed by atoms with E-state index in [2.05, 4.69) is 4.37 Å². The molecule has 0 saturated heterocycles. The predicted octanol–water partition coefficient (Wildman–Crippen LogP) is 2.58. The number of ketones is 1. The van der Waals surface area contributed by atoms with Crippen LogP contribution in [0.5, 0.6) is 0 Å². The summed E-state index contributed by atoms with van der Waals surface area (Å²) in [5, 5.41) is 1.73. The van der Waals surface area contributed by atoms with Crippen molar-refractivity contribution in [2.75, 3.05) is 7.05 Å². The first-order valence-electron chi connectivity index (χ1n) is 5.63. The summed E-state index contributed by atoms with van der Waals surface area (Å²) < 4.78 is 9.17. The topological polar surface area (TPSA) is 59.5 Å². The van der Waals surface area contributed by atoms with Crippen LogP contribution in [-0.2, 0) is 4.74 Å². The van der Waals surface area contributed by atoms with Crippen LogP contribution in [0.25, 0.3) is 0 Å². The van der Waals surface area contributed by atoms with Crippen molar-refractivity contribution < 1.29 is 14.3 Å². The fourth-order valence-corrected chi connectivity index (χ4v) is 1.74. The second kappa shape index (κ2) is 5.48. The van der Waals surface area contributed by atoms with Gasteiger partial charge in [0.25, 0.3) is 0 Å². The molecule has 0 aliphatic carbocycles. The van der Waals surface area contributed by atoms with Crippen LogP contribution >= 0.6 is 11.5 Å². The van der Waals surface area contributed by atoms with Gasteiger partial charge in [-0.1, -0.05) is 0 Å². The number of carbonyl (C=O) groups excluding carboxylic acids is 2. The molecule has 0 saturated carbocycles. The SMILES string of the molecule is CC(C(=O)c1ccsn1)N(C)C(=O)OC(C)(C)C. The largest absolute Gasteiger partial charge is 0.444 e. The third-order valence-corrected chi connectivity index (χ3v) is 2.89. The molecule has 1 atom stereocenters. The first-order valence-corrected chi connectivity index (χ1v) is 6.46. The number of nitrogens with zero attached hydrogens (tertiary/aromatic N) is 2. The van der Waals surface area contributed by atoms with E-state index in [4.69, 9.17) is 4.74 Å². The van der Waals surface area contributed by atoms with E-state index in [9.17, 15) is 9.59 Å². The fourth-order valence-electron chi connectivity index (χ4n) is 1.22. The summed E-state index contributed by atoms with van der Waals surface area (Å²) in [6.45, 7) is 7.01. The molecule has 1 heterocycles. The van der Waals surface area contributed by atoms with Gasteiger partial charge in [0.15, 0.2) is 0 Å². The number of hydrogen-bond acceptors (Lipinski definition) is 5. The molecule has 1 rings (SSSR count). The van der Waals surface area contributed by atoms with Crippen molar-refractivity contribution in [1.82, 2.24) is 9.27 Å². The van der Waals surface area contributed by atoms with Crippen LogP contribution in [0.2, 0.25) is 0 Å². The molecule has 1 amide bonds. The van der Waals surface area contributed by atoms with E-state index in [0.717, 1.165) is 0 Å². The summed E-state index contributed by atoms with van der Waals surface area (Å²) in [6.07, 6.45) is -0.515. The molecule has 0 aliphatic heterocycles. The van der Waals surface area contributed by atoms with Crippen molar-refractivity contribution in [3.8, 4) is 0 Å². The maximum atomic E-state index is 12.0. The maximum Gasteiger partial charge on any atom is 0.410 e. The van der Waals surface area contributed by atoms with Crippen LogP contribution in [0.3, 0.4) is 0 Å². The van der Waals surface area contributed by atoms with E-state index in [0.29, 0.717) is 5.69 Å². The van der Waals surface area contributed by atoms with Gasteiger partial charge in [-0.25, -0.2) is 4.79 Å². The standard InChI is InChI=1S/C12H18N2O3S/c1-8(10(15)9-6-7-18-13-9)14(5)11(16)17-12(2,3)4/h6-8H,1-5H3. The van der Waals surface area contributed by atoms with Crippen LogP contribution < -0.4 is 0 Å². The Balaban J connectivity index is 2.69. The highest BCUT2D eigenvalue weighted by atomic mass is 32.1. The van der Waals surface area contributed by atoms with Crippen molar-refractivity contribution in [3.05, 3.63) is 17.1 Å². The maximum absolute atomic E-state index is 12.0. The first-order chi connectivity index (χ1) is 8.22. The number of likely N-dealkylation sites (N-methyl/N-ethyl adjacent to an activating group) is 1. The Labute approximate surface area is 111 Å². The highest BCUT2D eigenvalue weighted by molar-refractivity contribution is 7.03. The van der Waals surface area contributed by atoms with Gasteiger partial charge in [0.05, 0.1) is 6.04 Å². The van der Waals surface area contributed by atoms with Gasteiger partial charge in [-0.3, -0.25) is 4.79 Å². The Bertz CT molecular complexity index is 423. The lowest BCUT2D eigenvalue weighted by Crippen LogP contribution is -2.43. The van der Waals surface area contributed by atoms with E-state index in [1.807, 2.05) is 0 Å². The number of ether oxygens (including phenoxy) is 1. The lowest BCUT2D eigenvalue weighted by molar-refractivity contribution is 0.0231. The van der Waals surface area contributed by atoms with E-state index < -0.39 is 17.7 Å². The zero-order valence-corrected chi connectivity index (χ0v) is 12.1. The summed E-state index contributed by atoms with van der Waals surface area (Å²) in [7, 11) is 1.54. The van der Waals surface area contributed by atoms with E-state index >= 15 is 0 Å². The Kier molecular flexibility index (Phi) is 4.45. The molecule has 18 heavy (non-hydrogen) atoms. The lowest BCUT2D eigenvalue weighted by atomic mass is 10.1. The quantitative estimate of drug-likeness (QED) is 0.792. The molecule has 5 nitrogen and oxygen atoms in total. The highest BCUT2D eigenvalue weighted by Gasteiger charge is 2.28. The van der Waals surface area contributed by atoms with E-state index in [-0.39, 0.29) is 5.78 Å². The van der Waals surface area contributed by atoms with Crippen LogP contribution in [-0.4, -0.2) is 39.8 Å². The number of hydrogen-bond donors (Lipinski definition) is 0. The monoisotopic (exact) mass is 270 g/mol. The third kappa shape index (κ3) is 3.80. The molecular weight excluding hydrogens is 252 g/mol. The molecule has 0 fully saturated rings. The highest BCUT2D eigenvalue weighted by Crippen LogP contribution is 2.13. The number of amides is 1. The number of carbonyl (C=O) groups is 2. The number of rotatable bonds is 3. The Hall–Kier alpha value is -1.43. The molecule has 0 aromatic carbocycles. The molecule has 100 valence electrons. The van der Waals surface area contributed by atoms with Crippen LogP contribution in [0, 0.1) is 0 Å². The molecular formula is C12H18N2O3S. The van der Waals surface area contributed by atoms with E-state index in [1.165, 1.54) is 16.4 Å². The summed E-state index contributed by atoms with van der Waals surface area (Å²) in [6, 6.07) is 1.05. The lowest BCUT2D eigenvalue weighted by Gasteiger charge is -2.27. The average molecular weight is 270 g/mol. The van der Waals surface area contributed by atoms with Gasteiger partial charge in [-0.2, -0.15) is 4.37 Å². The van der Waals surface area contributed by atoms with Crippen molar-refractivity contribution in [2.24, 2.45) is 0 Å². The first kappa shape index (κ1) is 14.6. The fraction of sp³-hybridized carbons (Fsp3) is 0.583. The average Bonchev–Trinajstić information content (AvgIpc) is 2.77.